The molecular formula is C26H27BrN2O3S. The predicted octanol–water partition coefficient (Wildman–Crippen LogP) is 6.48. The van der Waals surface area contributed by atoms with Crippen molar-refractivity contribution in [1.82, 2.24) is 5.32 Å². The summed E-state index contributed by atoms with van der Waals surface area (Å²) in [5.74, 6) is 1.26. The molecule has 5 nitrogen and oxygen atoms in total. The maximum absolute atomic E-state index is 13.2. The van der Waals surface area contributed by atoms with Gasteiger partial charge in [-0.05, 0) is 71.8 Å². The number of nitrogens with zero attached hydrogens (tertiary/aromatic N) is 1. The van der Waals surface area contributed by atoms with Crippen LogP contribution in [0.15, 0.2) is 51.9 Å². The van der Waals surface area contributed by atoms with Crippen LogP contribution in [0.25, 0.3) is 0 Å². The van der Waals surface area contributed by atoms with Gasteiger partial charge in [-0.25, -0.2) is 4.99 Å². The zero-order chi connectivity index (χ0) is 23.2. The molecule has 3 aromatic rings. The first-order chi connectivity index (χ1) is 16.1. The number of hydrogen-bond acceptors (Lipinski definition) is 5. The first-order valence-corrected chi connectivity index (χ1v) is 12.7. The van der Waals surface area contributed by atoms with Gasteiger partial charge in [0.2, 0.25) is 0 Å². The van der Waals surface area contributed by atoms with Crippen LogP contribution in [0.3, 0.4) is 0 Å². The molecule has 2 aromatic carbocycles. The van der Waals surface area contributed by atoms with Gasteiger partial charge in [-0.2, -0.15) is 0 Å². The first kappa shape index (κ1) is 23.5. The van der Waals surface area contributed by atoms with Crippen molar-refractivity contribution < 1.29 is 14.3 Å². The van der Waals surface area contributed by atoms with Crippen LogP contribution in [0.4, 0.5) is 5.00 Å². The van der Waals surface area contributed by atoms with Crippen molar-refractivity contribution in [3.8, 4) is 11.5 Å². The van der Waals surface area contributed by atoms with Crippen LogP contribution in [0.5, 0.6) is 11.5 Å². The van der Waals surface area contributed by atoms with E-state index in [-0.39, 0.29) is 5.91 Å². The molecule has 1 aliphatic carbocycles. The average Bonchev–Trinajstić information content (AvgIpc) is 3.21. The van der Waals surface area contributed by atoms with Crippen LogP contribution in [0.2, 0.25) is 0 Å². The Labute approximate surface area is 207 Å². The van der Waals surface area contributed by atoms with Gasteiger partial charge in [-0.3, -0.25) is 4.79 Å². The Morgan fingerprint density at radius 1 is 1.18 bits per heavy atom. The molecule has 1 amide bonds. The smallest absolute Gasteiger partial charge is 0.254 e. The molecule has 0 bridgehead atoms. The molecule has 0 fully saturated rings. The number of halogens is 1. The van der Waals surface area contributed by atoms with Gasteiger partial charge in [0.25, 0.3) is 5.91 Å². The van der Waals surface area contributed by atoms with Gasteiger partial charge in [0, 0.05) is 27.7 Å². The normalized spacial score (nSPS) is 13.1. The van der Waals surface area contributed by atoms with Crippen molar-refractivity contribution in [2.75, 3.05) is 13.7 Å². The largest absolute Gasteiger partial charge is 0.493 e. The number of nitrogens with one attached hydrogen (secondary N) is 1. The molecule has 0 radical (unpaired) electrons. The summed E-state index contributed by atoms with van der Waals surface area (Å²) in [5, 5.41) is 3.85. The Morgan fingerprint density at radius 2 is 1.97 bits per heavy atom. The number of aryl methyl sites for hydroxylation is 1. The molecular weight excluding hydrogens is 500 g/mol. The van der Waals surface area contributed by atoms with Gasteiger partial charge in [0.15, 0.2) is 11.5 Å². The summed E-state index contributed by atoms with van der Waals surface area (Å²) in [6.07, 6.45) is 5.99. The number of thiophene rings is 1. The fourth-order valence-electron chi connectivity index (χ4n) is 3.95. The van der Waals surface area contributed by atoms with E-state index in [0.29, 0.717) is 24.7 Å². The molecule has 0 spiro atoms. The quantitative estimate of drug-likeness (QED) is 0.341. The third-order valence-corrected chi connectivity index (χ3v) is 7.47. The molecule has 1 N–H and O–H groups in total. The summed E-state index contributed by atoms with van der Waals surface area (Å²) in [6.45, 7) is 2.97. The lowest BCUT2D eigenvalue weighted by atomic mass is 9.95. The Morgan fingerprint density at radius 3 is 2.73 bits per heavy atom. The summed E-state index contributed by atoms with van der Waals surface area (Å²) in [7, 11) is 1.62. The highest BCUT2D eigenvalue weighted by atomic mass is 79.9. The highest BCUT2D eigenvalue weighted by Gasteiger charge is 2.25. The number of aliphatic imine (C=N–C) groups is 1. The molecule has 0 atom stereocenters. The molecule has 0 saturated carbocycles. The second kappa shape index (κ2) is 11.0. The minimum absolute atomic E-state index is 0.0609. The highest BCUT2D eigenvalue weighted by Crippen LogP contribution is 2.40. The van der Waals surface area contributed by atoms with Crippen molar-refractivity contribution in [1.29, 1.82) is 0 Å². The van der Waals surface area contributed by atoms with Gasteiger partial charge < -0.3 is 14.8 Å². The molecule has 7 heteroatoms. The number of methoxy groups -OCH3 is 1. The lowest BCUT2D eigenvalue weighted by Gasteiger charge is -2.13. The Bertz CT molecular complexity index is 1160. The molecule has 0 aliphatic heterocycles. The lowest BCUT2D eigenvalue weighted by Crippen LogP contribution is -2.24. The third-order valence-electron chi connectivity index (χ3n) is 5.58. The van der Waals surface area contributed by atoms with Crippen LogP contribution >= 0.6 is 27.3 Å². The Balaban J connectivity index is 1.64. The number of carbonyl (C=O) groups is 1. The van der Waals surface area contributed by atoms with Crippen molar-refractivity contribution in [3.63, 3.8) is 0 Å². The summed E-state index contributed by atoms with van der Waals surface area (Å²) >= 11 is 5.23. The van der Waals surface area contributed by atoms with Gasteiger partial charge in [-0.1, -0.05) is 30.3 Å². The number of ether oxygens (including phenoxy) is 2. The number of hydrogen-bond donors (Lipinski definition) is 1. The minimum atomic E-state index is -0.0609. The van der Waals surface area contributed by atoms with Crippen LogP contribution in [-0.4, -0.2) is 25.8 Å². The molecule has 0 unspecified atom stereocenters. The Kier molecular flexibility index (Phi) is 7.83. The van der Waals surface area contributed by atoms with Gasteiger partial charge in [0.1, 0.15) is 5.00 Å². The number of benzene rings is 2. The molecule has 1 heterocycles. The van der Waals surface area contributed by atoms with E-state index in [0.717, 1.165) is 57.4 Å². The molecule has 1 aromatic heterocycles. The zero-order valence-corrected chi connectivity index (χ0v) is 21.2. The van der Waals surface area contributed by atoms with Crippen LogP contribution in [0, 0.1) is 0 Å². The monoisotopic (exact) mass is 526 g/mol. The van der Waals surface area contributed by atoms with Gasteiger partial charge >= 0.3 is 0 Å². The van der Waals surface area contributed by atoms with E-state index in [1.807, 2.05) is 49.4 Å². The summed E-state index contributed by atoms with van der Waals surface area (Å²) in [5.41, 5.74) is 3.82. The number of rotatable bonds is 8. The molecule has 172 valence electrons. The van der Waals surface area contributed by atoms with Crippen LogP contribution in [-0.2, 0) is 19.4 Å². The van der Waals surface area contributed by atoms with E-state index in [1.165, 1.54) is 4.88 Å². The van der Waals surface area contributed by atoms with E-state index < -0.39 is 0 Å². The second-order valence-electron chi connectivity index (χ2n) is 7.78. The van der Waals surface area contributed by atoms with Gasteiger partial charge in [-0.15, -0.1) is 11.3 Å². The van der Waals surface area contributed by atoms with Crippen molar-refractivity contribution in [3.05, 3.63) is 74.1 Å². The molecule has 0 saturated heterocycles. The van der Waals surface area contributed by atoms with Crippen molar-refractivity contribution in [2.45, 2.75) is 39.2 Å². The average molecular weight is 527 g/mol. The highest BCUT2D eigenvalue weighted by molar-refractivity contribution is 9.10. The van der Waals surface area contributed by atoms with Crippen LogP contribution < -0.4 is 14.8 Å². The third kappa shape index (κ3) is 5.47. The van der Waals surface area contributed by atoms with E-state index >= 15 is 0 Å². The Hall–Kier alpha value is -2.64. The maximum Gasteiger partial charge on any atom is 0.254 e. The minimum Gasteiger partial charge on any atom is -0.493 e. The maximum atomic E-state index is 13.2. The molecule has 1 aliphatic rings. The van der Waals surface area contributed by atoms with Gasteiger partial charge in [0.05, 0.1) is 19.3 Å². The van der Waals surface area contributed by atoms with E-state index in [1.54, 1.807) is 24.7 Å². The summed E-state index contributed by atoms with van der Waals surface area (Å²) in [4.78, 5) is 19.3. The number of fused-ring (bicyclic) bond motifs is 1. The van der Waals surface area contributed by atoms with Crippen molar-refractivity contribution >= 4 is 44.4 Å². The molecule has 33 heavy (non-hydrogen) atoms. The zero-order valence-electron chi connectivity index (χ0n) is 18.8. The summed E-state index contributed by atoms with van der Waals surface area (Å²) in [6, 6.07) is 13.7. The van der Waals surface area contributed by atoms with Crippen LogP contribution in [0.1, 0.15) is 51.7 Å². The predicted molar refractivity (Wildman–Crippen MR) is 138 cm³/mol. The fraction of sp³-hybridized carbons (Fsp3) is 0.308. The topological polar surface area (TPSA) is 59.9 Å². The summed E-state index contributed by atoms with van der Waals surface area (Å²) < 4.78 is 12.0. The fourth-order valence-corrected chi connectivity index (χ4v) is 5.60. The first-order valence-electron chi connectivity index (χ1n) is 11.1. The second-order valence-corrected chi connectivity index (χ2v) is 9.71. The molecule has 4 rings (SSSR count). The van der Waals surface area contributed by atoms with Crippen molar-refractivity contribution in [2.24, 2.45) is 4.99 Å². The number of carbonyl (C=O) groups excluding carboxylic acids is 1. The van der Waals surface area contributed by atoms with E-state index in [9.17, 15) is 4.79 Å². The van der Waals surface area contributed by atoms with E-state index in [4.69, 9.17) is 14.5 Å². The number of amides is 1. The standard InChI is InChI=1S/C26H27BrN2O3S/c1-3-32-22-13-18(20(27)14-21(22)31-2)16-29-26-24(19-11-7-8-12-23(19)33-26)25(30)28-15-17-9-5-4-6-10-17/h4-6,9-10,13-14,16H,3,7-8,11-12,15H2,1-2H3,(H,28,30). The van der Waals surface area contributed by atoms with E-state index in [2.05, 4.69) is 21.2 Å². The SMILES string of the molecule is CCOc1cc(C=Nc2sc3c(c2C(=O)NCc2ccccc2)CCCC3)c(Br)cc1OC. The lowest BCUT2D eigenvalue weighted by molar-refractivity contribution is 0.0951.